The zero-order chi connectivity index (χ0) is 13.4. The van der Waals surface area contributed by atoms with Gasteiger partial charge in [-0.2, -0.15) is 0 Å². The van der Waals surface area contributed by atoms with Crippen LogP contribution in [0.25, 0.3) is 16.9 Å². The topological polar surface area (TPSA) is 52.5 Å². The Bertz CT molecular complexity index is 734. The second kappa shape index (κ2) is 4.59. The number of aromatic nitrogens is 2. The quantitative estimate of drug-likeness (QED) is 0.788. The van der Waals surface area contributed by atoms with Crippen LogP contribution in [0.3, 0.4) is 0 Å². The number of nitrogen functional groups attached to an aromatic ring is 1. The van der Waals surface area contributed by atoms with Crippen molar-refractivity contribution in [2.45, 2.75) is 0 Å². The molecule has 2 N–H and O–H groups in total. The highest BCUT2D eigenvalue weighted by atomic mass is 79.9. The van der Waals surface area contributed by atoms with E-state index in [9.17, 15) is 0 Å². The van der Waals surface area contributed by atoms with Gasteiger partial charge in [0.05, 0.1) is 7.11 Å². The van der Waals surface area contributed by atoms with Crippen LogP contribution in [0.2, 0.25) is 0 Å². The maximum Gasteiger partial charge on any atom is 0.181 e. The number of pyridine rings is 1. The first-order chi connectivity index (χ1) is 9.20. The van der Waals surface area contributed by atoms with Crippen molar-refractivity contribution in [1.82, 2.24) is 9.38 Å². The van der Waals surface area contributed by atoms with Gasteiger partial charge in [0.15, 0.2) is 11.4 Å². The minimum Gasteiger partial charge on any atom is -0.493 e. The fourth-order valence-electron chi connectivity index (χ4n) is 2.04. The van der Waals surface area contributed by atoms with Crippen molar-refractivity contribution < 1.29 is 4.74 Å². The molecular formula is C14H12BrN3O. The van der Waals surface area contributed by atoms with Gasteiger partial charge in [-0.1, -0.05) is 28.1 Å². The second-order valence-electron chi connectivity index (χ2n) is 4.12. The van der Waals surface area contributed by atoms with E-state index < -0.39 is 0 Å². The van der Waals surface area contributed by atoms with Gasteiger partial charge in [0.25, 0.3) is 0 Å². The number of fused-ring (bicyclic) bond motifs is 1. The average molecular weight is 318 g/mol. The Kier molecular flexibility index (Phi) is 2.91. The Balaban J connectivity index is 2.25. The molecule has 19 heavy (non-hydrogen) atoms. The molecule has 0 aliphatic heterocycles. The molecule has 1 aromatic carbocycles. The van der Waals surface area contributed by atoms with Gasteiger partial charge in [-0.05, 0) is 24.3 Å². The Morgan fingerprint density at radius 1 is 1.21 bits per heavy atom. The summed E-state index contributed by atoms with van der Waals surface area (Å²) >= 11 is 3.42. The van der Waals surface area contributed by atoms with E-state index in [4.69, 9.17) is 10.5 Å². The molecule has 0 radical (unpaired) electrons. The standard InChI is InChI=1S/C14H12BrN3O/c1-19-11-3-2-8-18-13(16)12(17-14(11)18)9-4-6-10(15)7-5-9/h2-8H,16H2,1H3. The highest BCUT2D eigenvalue weighted by molar-refractivity contribution is 9.10. The van der Waals surface area contributed by atoms with E-state index >= 15 is 0 Å². The minimum atomic E-state index is 0.608. The summed E-state index contributed by atoms with van der Waals surface area (Å²) in [7, 11) is 1.62. The van der Waals surface area contributed by atoms with Gasteiger partial charge in [-0.15, -0.1) is 0 Å². The molecule has 2 aromatic heterocycles. The van der Waals surface area contributed by atoms with Crippen LogP contribution >= 0.6 is 15.9 Å². The third-order valence-corrected chi connectivity index (χ3v) is 3.52. The minimum absolute atomic E-state index is 0.608. The summed E-state index contributed by atoms with van der Waals surface area (Å²) in [5.74, 6) is 1.31. The van der Waals surface area contributed by atoms with Crippen LogP contribution < -0.4 is 10.5 Å². The Hall–Kier alpha value is -2.01. The van der Waals surface area contributed by atoms with Crippen LogP contribution in [0, 0.1) is 0 Å². The number of hydrogen-bond acceptors (Lipinski definition) is 3. The van der Waals surface area contributed by atoms with E-state index in [1.807, 2.05) is 47.0 Å². The molecule has 0 spiro atoms. The summed E-state index contributed by atoms with van der Waals surface area (Å²) < 4.78 is 8.16. The van der Waals surface area contributed by atoms with Crippen LogP contribution in [-0.4, -0.2) is 16.5 Å². The molecule has 0 aliphatic rings. The number of nitrogens with zero attached hydrogens (tertiary/aromatic N) is 2. The number of nitrogens with two attached hydrogens (primary N) is 1. The van der Waals surface area contributed by atoms with Crippen LogP contribution in [0.15, 0.2) is 47.1 Å². The molecule has 96 valence electrons. The fourth-order valence-corrected chi connectivity index (χ4v) is 2.30. The molecule has 0 saturated heterocycles. The van der Waals surface area contributed by atoms with Crippen molar-refractivity contribution >= 4 is 27.4 Å². The molecule has 0 fully saturated rings. The molecule has 2 heterocycles. The Morgan fingerprint density at radius 3 is 2.63 bits per heavy atom. The first-order valence-corrected chi connectivity index (χ1v) is 6.56. The lowest BCUT2D eigenvalue weighted by molar-refractivity contribution is 0.417. The third-order valence-electron chi connectivity index (χ3n) is 2.99. The zero-order valence-corrected chi connectivity index (χ0v) is 11.9. The molecule has 0 unspecified atom stereocenters. The van der Waals surface area contributed by atoms with E-state index in [2.05, 4.69) is 20.9 Å². The van der Waals surface area contributed by atoms with Crippen LogP contribution in [0.4, 0.5) is 5.82 Å². The predicted octanol–water partition coefficient (Wildman–Crippen LogP) is 3.35. The van der Waals surface area contributed by atoms with Gasteiger partial charge < -0.3 is 10.5 Å². The summed E-state index contributed by atoms with van der Waals surface area (Å²) in [5.41, 5.74) is 8.63. The molecule has 0 amide bonds. The number of anilines is 1. The van der Waals surface area contributed by atoms with Crippen LogP contribution in [0.1, 0.15) is 0 Å². The lowest BCUT2D eigenvalue weighted by Crippen LogP contribution is -1.94. The zero-order valence-electron chi connectivity index (χ0n) is 10.3. The van der Waals surface area contributed by atoms with Gasteiger partial charge in [-0.3, -0.25) is 4.40 Å². The maximum absolute atomic E-state index is 6.17. The summed E-state index contributed by atoms with van der Waals surface area (Å²) in [5, 5.41) is 0. The van der Waals surface area contributed by atoms with E-state index in [1.165, 1.54) is 0 Å². The molecule has 0 saturated carbocycles. The molecular weight excluding hydrogens is 306 g/mol. The molecule has 5 heteroatoms. The SMILES string of the molecule is COc1cccn2c(N)c(-c3ccc(Br)cc3)nc12. The monoisotopic (exact) mass is 317 g/mol. The molecule has 0 atom stereocenters. The summed E-state index contributed by atoms with van der Waals surface area (Å²) in [4.78, 5) is 4.58. The molecule has 0 aliphatic carbocycles. The number of rotatable bonds is 2. The maximum atomic E-state index is 6.17. The van der Waals surface area contributed by atoms with Gasteiger partial charge >= 0.3 is 0 Å². The normalized spacial score (nSPS) is 10.8. The number of ether oxygens (including phenoxy) is 1. The predicted molar refractivity (Wildman–Crippen MR) is 79.3 cm³/mol. The van der Waals surface area contributed by atoms with Crippen molar-refractivity contribution in [3.8, 4) is 17.0 Å². The van der Waals surface area contributed by atoms with Gasteiger partial charge in [0, 0.05) is 16.2 Å². The number of halogens is 1. The lowest BCUT2D eigenvalue weighted by atomic mass is 10.1. The van der Waals surface area contributed by atoms with E-state index in [0.29, 0.717) is 11.6 Å². The first-order valence-electron chi connectivity index (χ1n) is 5.77. The Labute approximate surface area is 119 Å². The van der Waals surface area contributed by atoms with Crippen molar-refractivity contribution in [2.24, 2.45) is 0 Å². The van der Waals surface area contributed by atoms with Crippen LogP contribution in [0.5, 0.6) is 5.75 Å². The summed E-state index contributed by atoms with van der Waals surface area (Å²) in [6.07, 6.45) is 1.88. The number of methoxy groups -OCH3 is 1. The van der Waals surface area contributed by atoms with Crippen molar-refractivity contribution in [3.63, 3.8) is 0 Å². The Morgan fingerprint density at radius 2 is 1.95 bits per heavy atom. The first kappa shape index (κ1) is 12.0. The van der Waals surface area contributed by atoms with Gasteiger partial charge in [-0.25, -0.2) is 4.98 Å². The van der Waals surface area contributed by atoms with E-state index in [1.54, 1.807) is 7.11 Å². The summed E-state index contributed by atoms with van der Waals surface area (Å²) in [6.45, 7) is 0. The van der Waals surface area contributed by atoms with Crippen molar-refractivity contribution in [1.29, 1.82) is 0 Å². The molecule has 3 aromatic rings. The molecule has 3 rings (SSSR count). The third kappa shape index (κ3) is 1.96. The number of imidazole rings is 1. The highest BCUT2D eigenvalue weighted by Crippen LogP contribution is 2.30. The van der Waals surface area contributed by atoms with Crippen LogP contribution in [-0.2, 0) is 0 Å². The van der Waals surface area contributed by atoms with Gasteiger partial charge in [0.2, 0.25) is 0 Å². The lowest BCUT2D eigenvalue weighted by Gasteiger charge is -2.01. The molecule has 4 nitrogen and oxygen atoms in total. The van der Waals surface area contributed by atoms with Crippen molar-refractivity contribution in [2.75, 3.05) is 12.8 Å². The fraction of sp³-hybridized carbons (Fsp3) is 0.0714. The number of hydrogen-bond donors (Lipinski definition) is 1. The van der Waals surface area contributed by atoms with Gasteiger partial charge in [0.1, 0.15) is 11.5 Å². The second-order valence-corrected chi connectivity index (χ2v) is 5.04. The smallest absolute Gasteiger partial charge is 0.181 e. The van der Waals surface area contributed by atoms with Crippen molar-refractivity contribution in [3.05, 3.63) is 47.1 Å². The highest BCUT2D eigenvalue weighted by Gasteiger charge is 2.13. The molecule has 0 bridgehead atoms. The van der Waals surface area contributed by atoms with E-state index in [-0.39, 0.29) is 0 Å². The van der Waals surface area contributed by atoms with E-state index in [0.717, 1.165) is 21.4 Å². The number of benzene rings is 1. The summed E-state index contributed by atoms with van der Waals surface area (Å²) in [6, 6.07) is 11.7. The largest absolute Gasteiger partial charge is 0.493 e. The average Bonchev–Trinajstić information content (AvgIpc) is 2.77.